The van der Waals surface area contributed by atoms with Crippen LogP contribution in [0, 0.1) is 5.41 Å². The fourth-order valence-electron chi connectivity index (χ4n) is 2.58. The summed E-state index contributed by atoms with van der Waals surface area (Å²) in [6.45, 7) is 8.34. The molecule has 1 fully saturated rings. The van der Waals surface area contributed by atoms with Crippen molar-refractivity contribution in [3.63, 3.8) is 0 Å². The largest absolute Gasteiger partial charge is 0.509 e. The van der Waals surface area contributed by atoms with E-state index < -0.39 is 0 Å². The number of aromatic nitrogens is 1. The molecule has 0 bridgehead atoms. The van der Waals surface area contributed by atoms with E-state index in [0.717, 1.165) is 23.5 Å². The molecule has 3 rings (SSSR count). The molecule has 1 saturated carbocycles. The number of nitrogens with zero attached hydrogens (tertiary/aromatic N) is 2. The summed E-state index contributed by atoms with van der Waals surface area (Å²) in [4.78, 5) is 6.68. The second-order valence-electron chi connectivity index (χ2n) is 6.71. The zero-order valence-corrected chi connectivity index (χ0v) is 13.2. The summed E-state index contributed by atoms with van der Waals surface area (Å²) in [5.74, 6) is 0.740. The van der Waals surface area contributed by atoms with Crippen LogP contribution in [0.3, 0.4) is 0 Å². The van der Waals surface area contributed by atoms with Gasteiger partial charge in [-0.05, 0) is 19.8 Å². The summed E-state index contributed by atoms with van der Waals surface area (Å²) < 4.78 is 0. The van der Waals surface area contributed by atoms with Crippen LogP contribution in [-0.4, -0.2) is 32.9 Å². The van der Waals surface area contributed by atoms with Crippen LogP contribution in [0.25, 0.3) is 5.57 Å². The van der Waals surface area contributed by atoms with Gasteiger partial charge in [0.1, 0.15) is 16.6 Å². The van der Waals surface area contributed by atoms with Gasteiger partial charge in [0, 0.05) is 16.8 Å². The van der Waals surface area contributed by atoms with Crippen LogP contribution in [-0.2, 0) is 5.41 Å². The Balaban J connectivity index is 1.97. The van der Waals surface area contributed by atoms with E-state index in [1.54, 1.807) is 0 Å². The fourth-order valence-corrected chi connectivity index (χ4v) is 3.68. The van der Waals surface area contributed by atoms with Crippen molar-refractivity contribution in [1.82, 2.24) is 9.88 Å². The minimum atomic E-state index is -0.0908. The third-order valence-electron chi connectivity index (χ3n) is 3.99. The van der Waals surface area contributed by atoms with Gasteiger partial charge in [0.25, 0.3) is 0 Å². The van der Waals surface area contributed by atoms with Gasteiger partial charge >= 0.3 is 0 Å². The van der Waals surface area contributed by atoms with Crippen molar-refractivity contribution in [2.24, 2.45) is 0 Å². The molecular weight excluding hydrogens is 270 g/mol. The molecule has 1 aromatic rings. The monoisotopic (exact) mass is 291 g/mol. The Labute approximate surface area is 123 Å². The van der Waals surface area contributed by atoms with Crippen molar-refractivity contribution in [3.8, 4) is 0 Å². The molecule has 0 radical (unpaired) electrons. The molecule has 1 unspecified atom stereocenters. The molecule has 1 aliphatic heterocycles. The van der Waals surface area contributed by atoms with Gasteiger partial charge in [-0.25, -0.2) is 4.98 Å². The third-order valence-corrected chi connectivity index (χ3v) is 4.85. The molecule has 0 aromatic carbocycles. The molecule has 1 atom stereocenters. The Morgan fingerprint density at radius 3 is 2.55 bits per heavy atom. The highest BCUT2D eigenvalue weighted by molar-refractivity contribution is 7.11. The zero-order valence-electron chi connectivity index (χ0n) is 12.4. The van der Waals surface area contributed by atoms with Crippen LogP contribution in [0.4, 0.5) is 0 Å². The predicted molar refractivity (Wildman–Crippen MR) is 82.4 cm³/mol. The highest BCUT2D eigenvalue weighted by atomic mass is 32.1. The maximum Gasteiger partial charge on any atom is 0.135 e. The Bertz CT molecular complexity index is 593. The van der Waals surface area contributed by atoms with E-state index in [0.29, 0.717) is 23.2 Å². The first-order valence-electron chi connectivity index (χ1n) is 7.07. The van der Waals surface area contributed by atoms with Gasteiger partial charge in [0.05, 0.1) is 17.3 Å². The number of aliphatic hydroxyl groups excluding tert-OH is 1. The maximum absolute atomic E-state index is 10.4. The first kappa shape index (κ1) is 13.6. The van der Waals surface area contributed by atoms with Gasteiger partial charge in [0.2, 0.25) is 0 Å². The first-order chi connectivity index (χ1) is 9.30. The van der Waals surface area contributed by atoms with Gasteiger partial charge in [-0.15, -0.1) is 11.3 Å². The Morgan fingerprint density at radius 1 is 1.40 bits per heavy atom. The van der Waals surface area contributed by atoms with Gasteiger partial charge in [-0.3, -0.25) is 5.41 Å². The van der Waals surface area contributed by atoms with Crippen molar-refractivity contribution in [2.45, 2.75) is 58.0 Å². The number of rotatable bonds is 2. The lowest BCUT2D eigenvalue weighted by atomic mass is 9.93. The summed E-state index contributed by atoms with van der Waals surface area (Å²) in [6, 6.07) is 0.339. The summed E-state index contributed by atoms with van der Waals surface area (Å²) in [6.07, 6.45) is 2.25. The number of amidine groups is 1. The third kappa shape index (κ3) is 2.04. The topological polar surface area (TPSA) is 60.2 Å². The van der Waals surface area contributed by atoms with E-state index in [1.165, 1.54) is 11.3 Å². The Kier molecular flexibility index (Phi) is 2.94. The van der Waals surface area contributed by atoms with E-state index in [1.807, 2.05) is 17.2 Å². The molecule has 0 spiro atoms. The average molecular weight is 291 g/mol. The fraction of sp³-hybridized carbons (Fsp3) is 0.600. The average Bonchev–Trinajstić information content (AvgIpc) is 2.98. The molecule has 20 heavy (non-hydrogen) atoms. The van der Waals surface area contributed by atoms with Crippen LogP contribution in [0.1, 0.15) is 51.2 Å². The van der Waals surface area contributed by atoms with Crippen LogP contribution in [0.2, 0.25) is 0 Å². The lowest BCUT2D eigenvalue weighted by molar-refractivity contribution is 0.280. The minimum Gasteiger partial charge on any atom is -0.509 e. The van der Waals surface area contributed by atoms with Gasteiger partial charge in [-0.1, -0.05) is 20.8 Å². The number of hydrogen-bond donors (Lipinski definition) is 2. The van der Waals surface area contributed by atoms with Crippen molar-refractivity contribution >= 4 is 22.7 Å². The molecule has 108 valence electrons. The SMILES string of the molecule is CC1C(O)=C(c2nc(C(C)(C)C)cs2)C(=N)N1C1CC1. The van der Waals surface area contributed by atoms with E-state index >= 15 is 0 Å². The van der Waals surface area contributed by atoms with Crippen LogP contribution < -0.4 is 0 Å². The van der Waals surface area contributed by atoms with E-state index in [9.17, 15) is 5.11 Å². The quantitative estimate of drug-likeness (QED) is 0.876. The van der Waals surface area contributed by atoms with Crippen molar-refractivity contribution in [2.75, 3.05) is 0 Å². The van der Waals surface area contributed by atoms with E-state index in [-0.39, 0.29) is 11.5 Å². The molecule has 0 saturated heterocycles. The summed E-state index contributed by atoms with van der Waals surface area (Å²) in [5, 5.41) is 21.6. The number of hydrogen-bond acceptors (Lipinski definition) is 4. The summed E-state index contributed by atoms with van der Waals surface area (Å²) >= 11 is 1.52. The lowest BCUT2D eigenvalue weighted by Crippen LogP contribution is -2.35. The minimum absolute atomic E-state index is 0.00643. The molecule has 1 aliphatic carbocycles. The number of aliphatic hydroxyl groups is 1. The van der Waals surface area contributed by atoms with Gasteiger partial charge < -0.3 is 10.0 Å². The van der Waals surface area contributed by atoms with Crippen molar-refractivity contribution in [1.29, 1.82) is 5.41 Å². The summed E-state index contributed by atoms with van der Waals surface area (Å²) in [7, 11) is 0. The Morgan fingerprint density at radius 2 is 2.05 bits per heavy atom. The highest BCUT2D eigenvalue weighted by Gasteiger charge is 2.43. The highest BCUT2D eigenvalue weighted by Crippen LogP contribution is 2.40. The summed E-state index contributed by atoms with van der Waals surface area (Å²) in [5.41, 5.74) is 1.64. The molecule has 1 aromatic heterocycles. The smallest absolute Gasteiger partial charge is 0.135 e. The second kappa shape index (κ2) is 4.32. The molecule has 2 heterocycles. The zero-order chi connectivity index (χ0) is 14.7. The van der Waals surface area contributed by atoms with Crippen LogP contribution in [0.5, 0.6) is 0 Å². The standard InChI is InChI=1S/C15H21N3OS/c1-8-12(19)11(13(16)18(8)9-5-6-9)14-17-10(7-20-14)15(2,3)4/h7-9,16,19H,5-6H2,1-4H3. The number of thiazole rings is 1. The molecule has 4 nitrogen and oxygen atoms in total. The Hall–Kier alpha value is -1.36. The lowest BCUT2D eigenvalue weighted by Gasteiger charge is -2.23. The predicted octanol–water partition coefficient (Wildman–Crippen LogP) is 3.55. The van der Waals surface area contributed by atoms with Gasteiger partial charge in [0.15, 0.2) is 0 Å². The van der Waals surface area contributed by atoms with Crippen molar-refractivity contribution in [3.05, 3.63) is 21.8 Å². The van der Waals surface area contributed by atoms with Gasteiger partial charge in [-0.2, -0.15) is 0 Å². The van der Waals surface area contributed by atoms with Crippen molar-refractivity contribution < 1.29 is 5.11 Å². The molecule has 2 aliphatic rings. The van der Waals surface area contributed by atoms with Crippen LogP contribution in [0.15, 0.2) is 11.1 Å². The molecular formula is C15H21N3OS. The molecule has 5 heteroatoms. The molecule has 2 N–H and O–H groups in total. The second-order valence-corrected chi connectivity index (χ2v) is 7.57. The first-order valence-corrected chi connectivity index (χ1v) is 7.95. The maximum atomic E-state index is 10.4. The number of nitrogens with one attached hydrogen (secondary N) is 1. The van der Waals surface area contributed by atoms with E-state index in [2.05, 4.69) is 25.8 Å². The van der Waals surface area contributed by atoms with E-state index in [4.69, 9.17) is 5.41 Å². The molecule has 0 amide bonds. The normalized spacial score (nSPS) is 23.9. The van der Waals surface area contributed by atoms with Crippen LogP contribution >= 0.6 is 11.3 Å².